The fourth-order valence-corrected chi connectivity index (χ4v) is 3.16. The van der Waals surface area contributed by atoms with Crippen molar-refractivity contribution in [2.24, 2.45) is 11.7 Å². The highest BCUT2D eigenvalue weighted by atomic mass is 15.1. The zero-order valence-corrected chi connectivity index (χ0v) is 11.7. The Morgan fingerprint density at radius 2 is 1.78 bits per heavy atom. The van der Waals surface area contributed by atoms with Crippen LogP contribution in [-0.2, 0) is 0 Å². The van der Waals surface area contributed by atoms with Gasteiger partial charge in [0.2, 0.25) is 0 Å². The molecule has 0 spiro atoms. The van der Waals surface area contributed by atoms with Crippen LogP contribution >= 0.6 is 0 Å². The van der Waals surface area contributed by atoms with Crippen LogP contribution in [0, 0.1) is 12.8 Å². The second kappa shape index (κ2) is 6.24. The highest BCUT2D eigenvalue weighted by Crippen LogP contribution is 2.30. The van der Waals surface area contributed by atoms with Gasteiger partial charge in [-0.15, -0.1) is 0 Å². The van der Waals surface area contributed by atoms with Gasteiger partial charge in [0, 0.05) is 25.3 Å². The molecule has 0 bridgehead atoms. The van der Waals surface area contributed by atoms with Crippen LogP contribution in [0.15, 0.2) is 24.3 Å². The molecule has 2 heteroatoms. The molecule has 1 unspecified atom stereocenters. The van der Waals surface area contributed by atoms with Crippen LogP contribution in [0.4, 0.5) is 5.69 Å². The summed E-state index contributed by atoms with van der Waals surface area (Å²) in [6.07, 6.45) is 6.85. The molecular formula is C16H26N2. The van der Waals surface area contributed by atoms with Gasteiger partial charge in [0.05, 0.1) is 0 Å². The highest BCUT2D eigenvalue weighted by Gasteiger charge is 2.25. The maximum atomic E-state index is 6.03. The van der Waals surface area contributed by atoms with E-state index in [1.54, 1.807) is 0 Å². The largest absolute Gasteiger partial charge is 0.370 e. The third kappa shape index (κ3) is 3.05. The van der Waals surface area contributed by atoms with E-state index in [0.717, 1.165) is 12.5 Å². The van der Waals surface area contributed by atoms with Crippen molar-refractivity contribution in [2.75, 3.05) is 18.5 Å². The standard InChI is InChI=1S/C16H26N2/c1-13-8-10-15(11-9-13)18(2)16(12-17)14-6-4-3-5-7-14/h8-11,14,16H,3-7,12,17H2,1-2H3. The molecule has 1 atom stereocenters. The molecule has 0 amide bonds. The Labute approximate surface area is 111 Å². The lowest BCUT2D eigenvalue weighted by atomic mass is 9.83. The monoisotopic (exact) mass is 246 g/mol. The normalized spacial score (nSPS) is 18.6. The van der Waals surface area contributed by atoms with Gasteiger partial charge in [0.1, 0.15) is 0 Å². The second-order valence-corrected chi connectivity index (χ2v) is 5.65. The van der Waals surface area contributed by atoms with Crippen molar-refractivity contribution in [3.63, 3.8) is 0 Å². The van der Waals surface area contributed by atoms with Crippen molar-refractivity contribution in [1.82, 2.24) is 0 Å². The van der Waals surface area contributed by atoms with E-state index in [1.165, 1.54) is 43.4 Å². The SMILES string of the molecule is Cc1ccc(N(C)C(CN)C2CCCCC2)cc1. The third-order valence-corrected chi connectivity index (χ3v) is 4.37. The molecule has 18 heavy (non-hydrogen) atoms. The number of nitrogens with two attached hydrogens (primary N) is 1. The summed E-state index contributed by atoms with van der Waals surface area (Å²) >= 11 is 0. The maximum Gasteiger partial charge on any atom is 0.0437 e. The number of aryl methyl sites for hydroxylation is 1. The highest BCUT2D eigenvalue weighted by molar-refractivity contribution is 5.48. The van der Waals surface area contributed by atoms with Crippen molar-refractivity contribution in [3.8, 4) is 0 Å². The molecule has 1 aliphatic carbocycles. The molecule has 0 aromatic heterocycles. The van der Waals surface area contributed by atoms with Gasteiger partial charge in [0.25, 0.3) is 0 Å². The van der Waals surface area contributed by atoms with Crippen molar-refractivity contribution in [2.45, 2.75) is 45.1 Å². The van der Waals surface area contributed by atoms with Crippen LogP contribution in [0.2, 0.25) is 0 Å². The van der Waals surface area contributed by atoms with E-state index < -0.39 is 0 Å². The number of nitrogens with zero attached hydrogens (tertiary/aromatic N) is 1. The fourth-order valence-electron chi connectivity index (χ4n) is 3.16. The van der Waals surface area contributed by atoms with Crippen molar-refractivity contribution < 1.29 is 0 Å². The molecule has 100 valence electrons. The van der Waals surface area contributed by atoms with Gasteiger partial charge in [-0.1, -0.05) is 37.0 Å². The number of likely N-dealkylation sites (N-methyl/N-ethyl adjacent to an activating group) is 1. The fraction of sp³-hybridized carbons (Fsp3) is 0.625. The van der Waals surface area contributed by atoms with E-state index in [4.69, 9.17) is 5.73 Å². The van der Waals surface area contributed by atoms with E-state index >= 15 is 0 Å². The van der Waals surface area contributed by atoms with E-state index in [0.29, 0.717) is 6.04 Å². The number of rotatable bonds is 4. The summed E-state index contributed by atoms with van der Waals surface area (Å²) < 4.78 is 0. The summed E-state index contributed by atoms with van der Waals surface area (Å²) in [5.41, 5.74) is 8.64. The Morgan fingerprint density at radius 1 is 1.17 bits per heavy atom. The lowest BCUT2D eigenvalue weighted by Gasteiger charge is -2.37. The molecule has 1 fully saturated rings. The summed E-state index contributed by atoms with van der Waals surface area (Å²) in [6.45, 7) is 2.89. The number of benzene rings is 1. The first-order valence-corrected chi connectivity index (χ1v) is 7.22. The number of hydrogen-bond donors (Lipinski definition) is 1. The van der Waals surface area contributed by atoms with E-state index in [-0.39, 0.29) is 0 Å². The summed E-state index contributed by atoms with van der Waals surface area (Å²) in [5.74, 6) is 0.773. The molecule has 1 aromatic rings. The number of hydrogen-bond acceptors (Lipinski definition) is 2. The summed E-state index contributed by atoms with van der Waals surface area (Å²) in [4.78, 5) is 2.38. The van der Waals surface area contributed by atoms with Crippen LogP contribution in [0.1, 0.15) is 37.7 Å². The van der Waals surface area contributed by atoms with E-state index in [9.17, 15) is 0 Å². The third-order valence-electron chi connectivity index (χ3n) is 4.37. The first-order valence-electron chi connectivity index (χ1n) is 7.22. The Kier molecular flexibility index (Phi) is 4.65. The van der Waals surface area contributed by atoms with Crippen LogP contribution in [-0.4, -0.2) is 19.6 Å². The molecule has 0 radical (unpaired) electrons. The van der Waals surface area contributed by atoms with Gasteiger partial charge < -0.3 is 10.6 Å². The van der Waals surface area contributed by atoms with Gasteiger partial charge in [-0.2, -0.15) is 0 Å². The van der Waals surface area contributed by atoms with E-state index in [1.807, 2.05) is 0 Å². The second-order valence-electron chi connectivity index (χ2n) is 5.65. The van der Waals surface area contributed by atoms with Crippen LogP contribution in [0.5, 0.6) is 0 Å². The van der Waals surface area contributed by atoms with Crippen molar-refractivity contribution in [1.29, 1.82) is 0 Å². The molecule has 2 N–H and O–H groups in total. The number of anilines is 1. The molecule has 1 aliphatic rings. The van der Waals surface area contributed by atoms with Crippen LogP contribution in [0.3, 0.4) is 0 Å². The van der Waals surface area contributed by atoms with Gasteiger partial charge >= 0.3 is 0 Å². The minimum absolute atomic E-state index is 0.494. The van der Waals surface area contributed by atoms with Gasteiger partial charge in [-0.05, 0) is 37.8 Å². The topological polar surface area (TPSA) is 29.3 Å². The molecule has 2 nitrogen and oxygen atoms in total. The summed E-state index contributed by atoms with van der Waals surface area (Å²) in [5, 5.41) is 0. The average molecular weight is 246 g/mol. The zero-order valence-electron chi connectivity index (χ0n) is 11.7. The lowest BCUT2D eigenvalue weighted by molar-refractivity contribution is 0.302. The quantitative estimate of drug-likeness (QED) is 0.883. The minimum Gasteiger partial charge on any atom is -0.370 e. The van der Waals surface area contributed by atoms with Crippen LogP contribution in [0.25, 0.3) is 0 Å². The predicted octanol–water partition coefficient (Wildman–Crippen LogP) is 3.34. The Bertz CT molecular complexity index is 352. The minimum atomic E-state index is 0.494. The van der Waals surface area contributed by atoms with Crippen molar-refractivity contribution >= 4 is 5.69 Å². The van der Waals surface area contributed by atoms with Gasteiger partial charge in [-0.25, -0.2) is 0 Å². The maximum absolute atomic E-state index is 6.03. The summed E-state index contributed by atoms with van der Waals surface area (Å²) in [7, 11) is 2.19. The zero-order chi connectivity index (χ0) is 13.0. The Morgan fingerprint density at radius 3 is 2.33 bits per heavy atom. The average Bonchev–Trinajstić information content (AvgIpc) is 2.41. The lowest BCUT2D eigenvalue weighted by Crippen LogP contribution is -2.44. The molecule has 1 aromatic carbocycles. The molecule has 1 saturated carbocycles. The Balaban J connectivity index is 2.08. The van der Waals surface area contributed by atoms with Gasteiger partial charge in [-0.3, -0.25) is 0 Å². The first kappa shape index (κ1) is 13.4. The molecule has 0 aliphatic heterocycles. The summed E-state index contributed by atoms with van der Waals surface area (Å²) in [6, 6.07) is 9.27. The first-order chi connectivity index (χ1) is 8.72. The molecular weight excluding hydrogens is 220 g/mol. The smallest absolute Gasteiger partial charge is 0.0437 e. The molecule has 0 heterocycles. The molecule has 0 saturated heterocycles. The predicted molar refractivity (Wildman–Crippen MR) is 79.0 cm³/mol. The van der Waals surface area contributed by atoms with Gasteiger partial charge in [0.15, 0.2) is 0 Å². The van der Waals surface area contributed by atoms with Crippen molar-refractivity contribution in [3.05, 3.63) is 29.8 Å². The molecule has 2 rings (SSSR count). The van der Waals surface area contributed by atoms with Crippen LogP contribution < -0.4 is 10.6 Å². The Hall–Kier alpha value is -1.02. The van der Waals surface area contributed by atoms with E-state index in [2.05, 4.69) is 43.1 Å².